The van der Waals surface area contributed by atoms with Crippen molar-refractivity contribution in [3.05, 3.63) is 83.4 Å². The summed E-state index contributed by atoms with van der Waals surface area (Å²) >= 11 is 6.52. The zero-order valence-electron chi connectivity index (χ0n) is 20.4. The second-order valence-corrected chi connectivity index (χ2v) is 9.59. The summed E-state index contributed by atoms with van der Waals surface area (Å²) in [5.41, 5.74) is 3.04. The van der Waals surface area contributed by atoms with Crippen LogP contribution in [0.5, 0.6) is 0 Å². The minimum absolute atomic E-state index is 0.142. The summed E-state index contributed by atoms with van der Waals surface area (Å²) in [5, 5.41) is 0.597. The van der Waals surface area contributed by atoms with E-state index < -0.39 is 5.79 Å². The highest BCUT2D eigenvalue weighted by Gasteiger charge is 2.41. The summed E-state index contributed by atoms with van der Waals surface area (Å²) < 4.78 is 20.7. The smallest absolute Gasteiger partial charge is 0.219 e. The molecule has 3 heterocycles. The van der Waals surface area contributed by atoms with Crippen molar-refractivity contribution in [2.24, 2.45) is 0 Å². The number of hydrogen-bond acceptors (Lipinski definition) is 6. The third kappa shape index (κ3) is 5.57. The van der Waals surface area contributed by atoms with Crippen LogP contribution in [0.3, 0.4) is 0 Å². The lowest BCUT2D eigenvalue weighted by Gasteiger charge is -2.40. The molecule has 0 radical (unpaired) electrons. The predicted molar refractivity (Wildman–Crippen MR) is 137 cm³/mol. The van der Waals surface area contributed by atoms with Crippen molar-refractivity contribution in [2.45, 2.75) is 32.0 Å². The molecule has 0 aliphatic carbocycles. The van der Waals surface area contributed by atoms with Gasteiger partial charge in [-0.05, 0) is 23.8 Å². The Morgan fingerprint density at radius 2 is 1.81 bits per heavy atom. The van der Waals surface area contributed by atoms with E-state index in [0.717, 1.165) is 43.0 Å². The van der Waals surface area contributed by atoms with Crippen molar-refractivity contribution in [2.75, 3.05) is 44.3 Å². The van der Waals surface area contributed by atoms with Crippen LogP contribution in [0.15, 0.2) is 67.3 Å². The Morgan fingerprint density at radius 1 is 1.08 bits per heavy atom. The van der Waals surface area contributed by atoms with Gasteiger partial charge in [0.05, 0.1) is 32.7 Å². The fraction of sp³-hybridized carbons (Fsp3) is 0.407. The van der Waals surface area contributed by atoms with Gasteiger partial charge in [-0.25, -0.2) is 4.98 Å². The third-order valence-corrected chi connectivity index (χ3v) is 7.08. The molecular weight excluding hydrogens is 480 g/mol. The van der Waals surface area contributed by atoms with Crippen molar-refractivity contribution in [3.63, 3.8) is 0 Å². The molecule has 1 amide bonds. The Kier molecular flexibility index (Phi) is 7.57. The van der Waals surface area contributed by atoms with Gasteiger partial charge >= 0.3 is 0 Å². The highest BCUT2D eigenvalue weighted by molar-refractivity contribution is 6.31. The highest BCUT2D eigenvalue weighted by Crippen LogP contribution is 2.37. The Hall–Kier alpha value is -2.91. The van der Waals surface area contributed by atoms with Gasteiger partial charge in [-0.15, -0.1) is 0 Å². The first-order chi connectivity index (χ1) is 17.5. The number of nitrogens with zero attached hydrogens (tertiary/aromatic N) is 4. The van der Waals surface area contributed by atoms with Crippen LogP contribution in [0, 0.1) is 0 Å². The van der Waals surface area contributed by atoms with Gasteiger partial charge in [0.15, 0.2) is 0 Å². The number of anilines is 1. The number of halogens is 1. The first kappa shape index (κ1) is 24.8. The molecule has 0 spiro atoms. The zero-order chi connectivity index (χ0) is 25.0. The molecule has 0 N–H and O–H groups in total. The molecule has 8 nitrogen and oxygen atoms in total. The predicted octanol–water partition coefficient (Wildman–Crippen LogP) is 3.69. The summed E-state index contributed by atoms with van der Waals surface area (Å²) in [5.74, 6) is -0.865. The molecule has 36 heavy (non-hydrogen) atoms. The van der Waals surface area contributed by atoms with Crippen LogP contribution in [-0.4, -0.2) is 65.9 Å². The van der Waals surface area contributed by atoms with Gasteiger partial charge in [0.1, 0.15) is 6.10 Å². The Balaban J connectivity index is 1.16. The monoisotopic (exact) mass is 510 g/mol. The number of hydrogen-bond donors (Lipinski definition) is 0. The van der Waals surface area contributed by atoms with Crippen LogP contribution >= 0.6 is 11.6 Å². The molecule has 3 aromatic rings. The molecule has 2 aromatic carbocycles. The van der Waals surface area contributed by atoms with E-state index in [0.29, 0.717) is 31.4 Å². The average Bonchev–Trinajstić information content (AvgIpc) is 3.42. The molecule has 190 valence electrons. The Labute approximate surface area is 216 Å². The van der Waals surface area contributed by atoms with Gasteiger partial charge < -0.3 is 28.6 Å². The van der Waals surface area contributed by atoms with Crippen molar-refractivity contribution < 1.29 is 19.0 Å². The van der Waals surface area contributed by atoms with E-state index >= 15 is 0 Å². The third-order valence-electron chi connectivity index (χ3n) is 6.75. The van der Waals surface area contributed by atoms with Crippen LogP contribution in [-0.2, 0) is 37.9 Å². The fourth-order valence-electron chi connectivity index (χ4n) is 4.66. The molecule has 0 bridgehead atoms. The van der Waals surface area contributed by atoms with E-state index in [9.17, 15) is 4.79 Å². The Morgan fingerprint density at radius 3 is 2.44 bits per heavy atom. The number of rotatable bonds is 7. The molecule has 2 saturated heterocycles. The van der Waals surface area contributed by atoms with E-state index in [-0.39, 0.29) is 12.0 Å². The minimum atomic E-state index is -1.01. The molecule has 0 saturated carbocycles. The first-order valence-corrected chi connectivity index (χ1v) is 12.6. The standard InChI is InChI=1S/C27H31ClN4O4/c1-21(33)31-12-14-32(15-13-31)23-8-6-22(7-9-23)16-34-24-17-35-27(36-18-24,19-30-11-10-29-20-30)25-4-2-3-5-26(25)28/h2-11,20,24H,12-19H2,1H3. The van der Waals surface area contributed by atoms with Gasteiger partial charge in [-0.2, -0.15) is 0 Å². The molecule has 9 heteroatoms. The molecule has 2 fully saturated rings. The molecular formula is C27H31ClN4O4. The summed E-state index contributed by atoms with van der Waals surface area (Å²) in [6.07, 6.45) is 5.15. The van der Waals surface area contributed by atoms with Gasteiger partial charge in [-0.3, -0.25) is 4.79 Å². The lowest BCUT2D eigenvalue weighted by molar-refractivity contribution is -0.313. The maximum absolute atomic E-state index is 11.5. The Bertz CT molecular complexity index is 1140. The highest BCUT2D eigenvalue weighted by atomic mass is 35.5. The summed E-state index contributed by atoms with van der Waals surface area (Å²) in [7, 11) is 0. The zero-order valence-corrected chi connectivity index (χ0v) is 21.1. The number of imidazole rings is 1. The number of piperazine rings is 1. The maximum Gasteiger partial charge on any atom is 0.219 e. The number of amides is 1. The first-order valence-electron chi connectivity index (χ1n) is 12.2. The molecule has 0 unspecified atom stereocenters. The fourth-order valence-corrected chi connectivity index (χ4v) is 4.94. The van der Waals surface area contributed by atoms with Crippen LogP contribution in [0.2, 0.25) is 5.02 Å². The average molecular weight is 511 g/mol. The SMILES string of the molecule is CC(=O)N1CCN(c2ccc(COC3COC(Cn4ccnc4)(c4ccccc4Cl)OC3)cc2)CC1. The quantitative estimate of drug-likeness (QED) is 0.483. The number of ether oxygens (including phenoxy) is 3. The lowest BCUT2D eigenvalue weighted by atomic mass is 10.0. The lowest BCUT2D eigenvalue weighted by Crippen LogP contribution is -2.48. The van der Waals surface area contributed by atoms with Crippen molar-refractivity contribution in [1.82, 2.24) is 14.5 Å². The molecule has 1 aromatic heterocycles. The molecule has 5 rings (SSSR count). The summed E-state index contributed by atoms with van der Waals surface area (Å²) in [4.78, 5) is 19.9. The second-order valence-electron chi connectivity index (χ2n) is 9.18. The van der Waals surface area contributed by atoms with Gasteiger partial charge in [0.2, 0.25) is 11.7 Å². The van der Waals surface area contributed by atoms with Crippen LogP contribution in [0.25, 0.3) is 0 Å². The van der Waals surface area contributed by atoms with Gasteiger partial charge in [0.25, 0.3) is 0 Å². The van der Waals surface area contributed by atoms with E-state index in [2.05, 4.69) is 34.1 Å². The van der Waals surface area contributed by atoms with Crippen LogP contribution in [0.4, 0.5) is 5.69 Å². The van der Waals surface area contributed by atoms with E-state index in [1.807, 2.05) is 39.9 Å². The van der Waals surface area contributed by atoms with Crippen molar-refractivity contribution in [1.29, 1.82) is 0 Å². The van der Waals surface area contributed by atoms with Crippen molar-refractivity contribution in [3.8, 4) is 0 Å². The van der Waals surface area contributed by atoms with E-state index in [4.69, 9.17) is 25.8 Å². The molecule has 2 aliphatic heterocycles. The van der Waals surface area contributed by atoms with Gasteiger partial charge in [0, 0.05) is 61.8 Å². The molecule has 2 aliphatic rings. The summed E-state index contributed by atoms with van der Waals surface area (Å²) in [6.45, 7) is 6.52. The second kappa shape index (κ2) is 11.0. The largest absolute Gasteiger partial charge is 0.369 e. The maximum atomic E-state index is 11.5. The van der Waals surface area contributed by atoms with Gasteiger partial charge in [-0.1, -0.05) is 41.9 Å². The van der Waals surface area contributed by atoms with Crippen molar-refractivity contribution >= 4 is 23.2 Å². The topological polar surface area (TPSA) is 69.1 Å². The van der Waals surface area contributed by atoms with E-state index in [1.54, 1.807) is 19.4 Å². The van der Waals surface area contributed by atoms with Crippen LogP contribution < -0.4 is 4.90 Å². The van der Waals surface area contributed by atoms with Crippen LogP contribution in [0.1, 0.15) is 18.1 Å². The normalized spacial score (nSPS) is 22.6. The molecule has 0 atom stereocenters. The number of carbonyl (C=O) groups is 1. The number of benzene rings is 2. The number of carbonyl (C=O) groups excluding carboxylic acids is 1. The number of aromatic nitrogens is 2. The van der Waals surface area contributed by atoms with E-state index in [1.165, 1.54) is 0 Å². The minimum Gasteiger partial charge on any atom is -0.369 e. The summed E-state index contributed by atoms with van der Waals surface area (Å²) in [6, 6.07) is 16.0.